The van der Waals surface area contributed by atoms with Gasteiger partial charge in [-0.15, -0.1) is 0 Å². The predicted molar refractivity (Wildman–Crippen MR) is 81.4 cm³/mol. The number of halogens is 2. The highest BCUT2D eigenvalue weighted by Gasteiger charge is 2.38. The fraction of sp³-hybridized carbons (Fsp3) is 0.500. The van der Waals surface area contributed by atoms with Gasteiger partial charge in [0.1, 0.15) is 17.7 Å². The Bertz CT molecular complexity index is 601. The van der Waals surface area contributed by atoms with Crippen molar-refractivity contribution in [2.24, 2.45) is 5.73 Å². The van der Waals surface area contributed by atoms with Crippen molar-refractivity contribution in [1.82, 2.24) is 10.6 Å². The Labute approximate surface area is 133 Å². The van der Waals surface area contributed by atoms with Gasteiger partial charge in [-0.2, -0.15) is 0 Å². The maximum atomic E-state index is 14.3. The van der Waals surface area contributed by atoms with Gasteiger partial charge >= 0.3 is 6.03 Å². The van der Waals surface area contributed by atoms with Crippen LogP contribution in [0.3, 0.4) is 0 Å². The highest BCUT2D eigenvalue weighted by atomic mass is 19.1. The van der Waals surface area contributed by atoms with Crippen molar-refractivity contribution in [3.63, 3.8) is 0 Å². The normalized spacial score (nSPS) is 18.0. The van der Waals surface area contributed by atoms with Gasteiger partial charge in [0.15, 0.2) is 0 Å². The van der Waals surface area contributed by atoms with Crippen molar-refractivity contribution in [1.29, 1.82) is 0 Å². The summed E-state index contributed by atoms with van der Waals surface area (Å²) in [5.41, 5.74) is 4.41. The first-order chi connectivity index (χ1) is 10.8. The first-order valence-corrected chi connectivity index (χ1v) is 7.67. The minimum atomic E-state index is -0.888. The van der Waals surface area contributed by atoms with Gasteiger partial charge in [-0.3, -0.25) is 4.79 Å². The molecule has 3 amide bonds. The zero-order valence-corrected chi connectivity index (χ0v) is 13.0. The summed E-state index contributed by atoms with van der Waals surface area (Å²) in [6, 6.07) is 1.74. The maximum Gasteiger partial charge on any atom is 0.312 e. The molecule has 1 aliphatic rings. The number of nitrogens with one attached hydrogen (secondary N) is 2. The number of rotatable bonds is 4. The van der Waals surface area contributed by atoms with Gasteiger partial charge < -0.3 is 16.4 Å². The molecule has 1 aromatic rings. The van der Waals surface area contributed by atoms with Crippen LogP contribution >= 0.6 is 0 Å². The zero-order valence-electron chi connectivity index (χ0n) is 13.0. The Morgan fingerprint density at radius 3 is 2.43 bits per heavy atom. The number of nitrogens with two attached hydrogens (primary N) is 1. The van der Waals surface area contributed by atoms with Crippen LogP contribution in [0.4, 0.5) is 13.6 Å². The number of primary amides is 1. The molecule has 0 bridgehead atoms. The molecule has 0 heterocycles. The topological polar surface area (TPSA) is 84.2 Å². The zero-order chi connectivity index (χ0) is 17.0. The molecule has 126 valence electrons. The molecule has 0 aromatic heterocycles. The van der Waals surface area contributed by atoms with Gasteiger partial charge in [-0.25, -0.2) is 13.6 Å². The summed E-state index contributed by atoms with van der Waals surface area (Å²) in [6.45, 7) is 1.50. The van der Waals surface area contributed by atoms with E-state index < -0.39 is 35.2 Å². The van der Waals surface area contributed by atoms with Crippen LogP contribution in [-0.4, -0.2) is 18.0 Å². The molecule has 1 fully saturated rings. The van der Waals surface area contributed by atoms with Crippen molar-refractivity contribution >= 4 is 11.9 Å². The van der Waals surface area contributed by atoms with Crippen molar-refractivity contribution in [3.8, 4) is 0 Å². The summed E-state index contributed by atoms with van der Waals surface area (Å²) < 4.78 is 27.4. The van der Waals surface area contributed by atoms with Crippen LogP contribution < -0.4 is 16.4 Å². The summed E-state index contributed by atoms with van der Waals surface area (Å²) in [4.78, 5) is 23.2. The van der Waals surface area contributed by atoms with E-state index in [1.807, 2.05) is 0 Å². The Hall–Kier alpha value is -2.18. The van der Waals surface area contributed by atoms with Crippen molar-refractivity contribution in [3.05, 3.63) is 35.4 Å². The average molecular weight is 325 g/mol. The predicted octanol–water partition coefficient (Wildman–Crippen LogP) is 2.30. The van der Waals surface area contributed by atoms with E-state index in [1.54, 1.807) is 0 Å². The lowest BCUT2D eigenvalue weighted by atomic mass is 9.76. The molecule has 1 aliphatic carbocycles. The molecule has 23 heavy (non-hydrogen) atoms. The van der Waals surface area contributed by atoms with Gasteiger partial charge in [0.2, 0.25) is 5.91 Å². The summed E-state index contributed by atoms with van der Waals surface area (Å²) in [5.74, 6) is -1.79. The molecule has 0 saturated heterocycles. The Kier molecular flexibility index (Phi) is 5.18. The molecule has 1 atom stereocenters. The van der Waals surface area contributed by atoms with Gasteiger partial charge in [-0.1, -0.05) is 25.3 Å². The number of urea groups is 1. The van der Waals surface area contributed by atoms with Crippen LogP contribution in [0.15, 0.2) is 18.2 Å². The lowest BCUT2D eigenvalue weighted by molar-refractivity contribution is -0.125. The molecule has 0 spiro atoms. The standard InChI is InChI=1S/C16H21F2N3O2/c1-10(20-15(19)23)14(22)21-16(7-3-2-4-8-16)12-6-5-11(17)9-13(12)18/h5-6,9-10H,2-4,7-8H2,1H3,(H,21,22)(H3,19,20,23)/t10-/m0/s1. The molecular formula is C16H21F2N3O2. The van der Waals surface area contributed by atoms with E-state index in [1.165, 1.54) is 19.1 Å². The van der Waals surface area contributed by atoms with Gasteiger partial charge in [-0.05, 0) is 25.8 Å². The van der Waals surface area contributed by atoms with Gasteiger partial charge in [0.25, 0.3) is 0 Å². The molecule has 0 aliphatic heterocycles. The highest BCUT2D eigenvalue weighted by Crippen LogP contribution is 2.38. The van der Waals surface area contributed by atoms with Crippen molar-refractivity contribution in [2.45, 2.75) is 50.6 Å². The summed E-state index contributed by atoms with van der Waals surface area (Å²) >= 11 is 0. The quantitative estimate of drug-likeness (QED) is 0.793. The number of carbonyl (C=O) groups is 2. The van der Waals surface area contributed by atoms with Crippen LogP contribution in [0.2, 0.25) is 0 Å². The largest absolute Gasteiger partial charge is 0.352 e. The second-order valence-corrected chi connectivity index (χ2v) is 5.99. The van der Waals surface area contributed by atoms with Crippen LogP contribution in [0, 0.1) is 11.6 Å². The Morgan fingerprint density at radius 2 is 1.87 bits per heavy atom. The Balaban J connectivity index is 2.29. The van der Waals surface area contributed by atoms with Gasteiger partial charge in [0, 0.05) is 11.6 Å². The third-order valence-electron chi connectivity index (χ3n) is 4.27. The summed E-state index contributed by atoms with van der Waals surface area (Å²) in [5, 5.41) is 5.14. The average Bonchev–Trinajstić information content (AvgIpc) is 2.47. The molecular weight excluding hydrogens is 304 g/mol. The SMILES string of the molecule is C[C@H](NC(N)=O)C(=O)NC1(c2ccc(F)cc2F)CCCCC1. The maximum absolute atomic E-state index is 14.3. The second kappa shape index (κ2) is 6.93. The fourth-order valence-corrected chi connectivity index (χ4v) is 3.12. The Morgan fingerprint density at radius 1 is 1.22 bits per heavy atom. The molecule has 0 radical (unpaired) electrons. The lowest BCUT2D eigenvalue weighted by Crippen LogP contribution is -2.54. The van der Waals surface area contributed by atoms with Crippen LogP contribution in [0.25, 0.3) is 0 Å². The molecule has 0 unspecified atom stereocenters. The summed E-state index contributed by atoms with van der Waals surface area (Å²) in [7, 11) is 0. The van der Waals surface area contributed by atoms with E-state index >= 15 is 0 Å². The number of hydrogen-bond acceptors (Lipinski definition) is 2. The first-order valence-electron chi connectivity index (χ1n) is 7.67. The smallest absolute Gasteiger partial charge is 0.312 e. The fourth-order valence-electron chi connectivity index (χ4n) is 3.12. The molecule has 1 saturated carbocycles. The van der Waals surface area contributed by atoms with Gasteiger partial charge in [0.05, 0.1) is 5.54 Å². The summed E-state index contributed by atoms with van der Waals surface area (Å²) in [6.07, 6.45) is 3.77. The third kappa shape index (κ3) is 3.97. The van der Waals surface area contributed by atoms with E-state index in [-0.39, 0.29) is 5.56 Å². The number of amides is 3. The first kappa shape index (κ1) is 17.2. The van der Waals surface area contributed by atoms with Crippen LogP contribution in [0.5, 0.6) is 0 Å². The molecule has 7 heteroatoms. The molecule has 1 aromatic carbocycles. The number of benzene rings is 1. The number of carbonyl (C=O) groups excluding carboxylic acids is 2. The second-order valence-electron chi connectivity index (χ2n) is 5.99. The molecule has 5 nitrogen and oxygen atoms in total. The van der Waals surface area contributed by atoms with E-state index in [0.29, 0.717) is 12.8 Å². The van der Waals surface area contributed by atoms with Crippen LogP contribution in [-0.2, 0) is 10.3 Å². The monoisotopic (exact) mass is 325 g/mol. The number of hydrogen-bond donors (Lipinski definition) is 3. The van der Waals surface area contributed by atoms with E-state index in [4.69, 9.17) is 5.73 Å². The lowest BCUT2D eigenvalue weighted by Gasteiger charge is -2.39. The van der Waals surface area contributed by atoms with E-state index in [9.17, 15) is 18.4 Å². The minimum absolute atomic E-state index is 0.276. The van der Waals surface area contributed by atoms with Crippen molar-refractivity contribution < 1.29 is 18.4 Å². The molecule has 4 N–H and O–H groups in total. The van der Waals surface area contributed by atoms with E-state index in [2.05, 4.69) is 10.6 Å². The molecule has 2 rings (SSSR count). The third-order valence-corrected chi connectivity index (χ3v) is 4.27. The van der Waals surface area contributed by atoms with Crippen LogP contribution in [0.1, 0.15) is 44.6 Å². The minimum Gasteiger partial charge on any atom is -0.352 e. The van der Waals surface area contributed by atoms with E-state index in [0.717, 1.165) is 25.3 Å². The highest BCUT2D eigenvalue weighted by molar-refractivity contribution is 5.86. The van der Waals surface area contributed by atoms with Crippen molar-refractivity contribution in [2.75, 3.05) is 0 Å².